The quantitative estimate of drug-likeness (QED) is 0.848. The van der Waals surface area contributed by atoms with Gasteiger partial charge in [-0.1, -0.05) is 24.3 Å². The van der Waals surface area contributed by atoms with Crippen LogP contribution in [0.4, 0.5) is 0 Å². The molecule has 26 heavy (non-hydrogen) atoms. The molecule has 4 saturated heterocycles. The Labute approximate surface area is 155 Å². The van der Waals surface area contributed by atoms with E-state index in [1.54, 1.807) is 7.11 Å². The first-order valence-corrected chi connectivity index (χ1v) is 9.85. The van der Waals surface area contributed by atoms with Crippen molar-refractivity contribution in [2.45, 2.75) is 37.4 Å². The molecule has 4 nitrogen and oxygen atoms in total. The van der Waals surface area contributed by atoms with E-state index in [4.69, 9.17) is 4.74 Å². The number of nitrogens with zero attached hydrogens (tertiary/aromatic N) is 3. The molecule has 0 unspecified atom stereocenters. The van der Waals surface area contributed by atoms with Gasteiger partial charge in [0.05, 0.1) is 7.11 Å². The standard InChI is InChI=1S/C22H27N3O/c1-26-20-7-3-2-6-18(20)19-15-25(14-16-5-4-10-23-13-16)21-17-8-11-24(12-9-17)22(19)21/h2-7,10,13,17,19,21-22H,8-9,11-12,14-15H2,1H3/t19-,21-,22-/m1/s1. The van der Waals surface area contributed by atoms with Crippen LogP contribution in [0.2, 0.25) is 0 Å². The minimum absolute atomic E-state index is 0.524. The normalized spacial score (nSPS) is 33.2. The zero-order valence-electron chi connectivity index (χ0n) is 15.4. The van der Waals surface area contributed by atoms with Gasteiger partial charge in [-0.3, -0.25) is 14.8 Å². The Morgan fingerprint density at radius 1 is 1.08 bits per heavy atom. The molecule has 0 spiro atoms. The maximum Gasteiger partial charge on any atom is 0.122 e. The molecular weight excluding hydrogens is 322 g/mol. The molecule has 2 aromatic rings. The van der Waals surface area contributed by atoms with Gasteiger partial charge < -0.3 is 4.74 Å². The van der Waals surface area contributed by atoms with Crippen LogP contribution in [0.1, 0.15) is 29.9 Å². The van der Waals surface area contributed by atoms with E-state index in [0.29, 0.717) is 18.0 Å². The van der Waals surface area contributed by atoms with Gasteiger partial charge in [0.25, 0.3) is 0 Å². The second-order valence-electron chi connectivity index (χ2n) is 7.99. The minimum atomic E-state index is 0.524. The molecule has 0 amide bonds. The molecule has 0 saturated carbocycles. The highest BCUT2D eigenvalue weighted by molar-refractivity contribution is 5.39. The topological polar surface area (TPSA) is 28.6 Å². The Morgan fingerprint density at radius 3 is 2.69 bits per heavy atom. The van der Waals surface area contributed by atoms with Crippen molar-refractivity contribution in [2.75, 3.05) is 26.7 Å². The third-order valence-corrected chi connectivity index (χ3v) is 6.74. The molecule has 5 heterocycles. The monoisotopic (exact) mass is 349 g/mol. The summed E-state index contributed by atoms with van der Waals surface area (Å²) in [4.78, 5) is 9.81. The highest BCUT2D eigenvalue weighted by Crippen LogP contribution is 2.48. The third-order valence-electron chi connectivity index (χ3n) is 6.74. The van der Waals surface area contributed by atoms with Crippen molar-refractivity contribution >= 4 is 0 Å². The van der Waals surface area contributed by atoms with Crippen LogP contribution in [0, 0.1) is 5.92 Å². The van der Waals surface area contributed by atoms with Crippen LogP contribution in [0.5, 0.6) is 5.75 Å². The Morgan fingerprint density at radius 2 is 1.92 bits per heavy atom. The van der Waals surface area contributed by atoms with E-state index in [0.717, 1.165) is 24.8 Å². The molecule has 0 N–H and O–H groups in total. The number of hydrogen-bond acceptors (Lipinski definition) is 4. The summed E-state index contributed by atoms with van der Waals surface area (Å²) in [5.74, 6) is 2.40. The zero-order chi connectivity index (χ0) is 17.5. The van der Waals surface area contributed by atoms with Gasteiger partial charge in [0.15, 0.2) is 0 Å². The summed E-state index contributed by atoms with van der Waals surface area (Å²) >= 11 is 0. The summed E-state index contributed by atoms with van der Waals surface area (Å²) in [5, 5.41) is 0. The first kappa shape index (κ1) is 16.3. The predicted octanol–water partition coefficient (Wildman–Crippen LogP) is 3.15. The molecule has 2 bridgehead atoms. The van der Waals surface area contributed by atoms with Gasteiger partial charge in [-0.25, -0.2) is 0 Å². The number of hydrogen-bond donors (Lipinski definition) is 0. The van der Waals surface area contributed by atoms with Crippen molar-refractivity contribution in [2.24, 2.45) is 5.92 Å². The first-order valence-electron chi connectivity index (χ1n) is 9.85. The molecule has 0 aliphatic carbocycles. The van der Waals surface area contributed by atoms with Crippen LogP contribution in [0.15, 0.2) is 48.8 Å². The molecule has 4 heteroatoms. The first-order chi connectivity index (χ1) is 12.8. The van der Waals surface area contributed by atoms with E-state index in [9.17, 15) is 0 Å². The Kier molecular flexibility index (Phi) is 4.18. The van der Waals surface area contributed by atoms with Crippen LogP contribution in [0.3, 0.4) is 0 Å². The number of aromatic nitrogens is 1. The van der Waals surface area contributed by atoms with Crippen LogP contribution in [-0.4, -0.2) is 53.6 Å². The molecular formula is C22H27N3O. The molecule has 0 radical (unpaired) electrons. The van der Waals surface area contributed by atoms with Crippen LogP contribution in [0.25, 0.3) is 0 Å². The largest absolute Gasteiger partial charge is 0.496 e. The summed E-state index contributed by atoms with van der Waals surface area (Å²) in [5.41, 5.74) is 2.70. The lowest BCUT2D eigenvalue weighted by atomic mass is 9.75. The van der Waals surface area contributed by atoms with E-state index in [1.807, 2.05) is 12.4 Å². The predicted molar refractivity (Wildman–Crippen MR) is 102 cm³/mol. The van der Waals surface area contributed by atoms with E-state index in [1.165, 1.54) is 37.1 Å². The molecule has 136 valence electrons. The molecule has 4 fully saturated rings. The number of pyridine rings is 1. The third kappa shape index (κ3) is 2.63. The number of ether oxygens (including phenoxy) is 1. The fraction of sp³-hybridized carbons (Fsp3) is 0.500. The SMILES string of the molecule is COc1ccccc1[C@H]1CN(Cc2cccnc2)[C@@H]2C3CCN(CC3)[C@H]12. The Balaban J connectivity index is 1.50. The second kappa shape index (κ2) is 6.67. The smallest absolute Gasteiger partial charge is 0.122 e. The number of likely N-dealkylation sites (tertiary alicyclic amines) is 1. The number of benzene rings is 1. The van der Waals surface area contributed by atoms with Crippen molar-refractivity contribution in [3.05, 3.63) is 59.9 Å². The molecule has 1 aromatic carbocycles. The maximum absolute atomic E-state index is 5.72. The highest BCUT2D eigenvalue weighted by Gasteiger charge is 2.53. The van der Waals surface area contributed by atoms with Gasteiger partial charge >= 0.3 is 0 Å². The lowest BCUT2D eigenvalue weighted by Gasteiger charge is -2.51. The van der Waals surface area contributed by atoms with Gasteiger partial charge in [-0.2, -0.15) is 0 Å². The summed E-state index contributed by atoms with van der Waals surface area (Å²) in [6, 6.07) is 14.2. The van der Waals surface area contributed by atoms with Crippen molar-refractivity contribution in [1.82, 2.24) is 14.8 Å². The van der Waals surface area contributed by atoms with Crippen molar-refractivity contribution in [3.8, 4) is 5.75 Å². The van der Waals surface area contributed by atoms with Crippen LogP contribution < -0.4 is 4.74 Å². The highest BCUT2D eigenvalue weighted by atomic mass is 16.5. The van der Waals surface area contributed by atoms with Gasteiger partial charge in [-0.05, 0) is 49.5 Å². The van der Waals surface area contributed by atoms with Crippen molar-refractivity contribution in [3.63, 3.8) is 0 Å². The second-order valence-corrected chi connectivity index (χ2v) is 7.99. The van der Waals surface area contributed by atoms with E-state index >= 15 is 0 Å². The van der Waals surface area contributed by atoms with Crippen molar-refractivity contribution in [1.29, 1.82) is 0 Å². The average molecular weight is 349 g/mol. The van der Waals surface area contributed by atoms with Gasteiger partial charge in [0, 0.05) is 49.0 Å². The fourth-order valence-corrected chi connectivity index (χ4v) is 5.69. The van der Waals surface area contributed by atoms with Crippen molar-refractivity contribution < 1.29 is 4.74 Å². The Bertz CT molecular complexity index is 757. The number of rotatable bonds is 4. The van der Waals surface area contributed by atoms with E-state index < -0.39 is 0 Å². The summed E-state index contributed by atoms with van der Waals surface area (Å²) < 4.78 is 5.72. The minimum Gasteiger partial charge on any atom is -0.496 e. The van der Waals surface area contributed by atoms with Gasteiger partial charge in [0.2, 0.25) is 0 Å². The van der Waals surface area contributed by atoms with E-state index in [-0.39, 0.29) is 0 Å². The maximum atomic E-state index is 5.72. The average Bonchev–Trinajstić information content (AvgIpc) is 3.11. The summed E-state index contributed by atoms with van der Waals surface area (Å²) in [6.45, 7) is 4.64. The molecule has 3 atom stereocenters. The van der Waals surface area contributed by atoms with Gasteiger partial charge in [-0.15, -0.1) is 0 Å². The van der Waals surface area contributed by atoms with Crippen LogP contribution in [-0.2, 0) is 6.54 Å². The number of para-hydroxylation sites is 1. The van der Waals surface area contributed by atoms with E-state index in [2.05, 4.69) is 51.2 Å². The molecule has 4 aliphatic rings. The summed E-state index contributed by atoms with van der Waals surface area (Å²) in [6.07, 6.45) is 6.59. The lowest BCUT2D eigenvalue weighted by molar-refractivity contribution is -0.00881. The fourth-order valence-electron chi connectivity index (χ4n) is 5.69. The number of piperidine rings is 3. The summed E-state index contributed by atoms with van der Waals surface area (Å²) in [7, 11) is 1.80. The van der Waals surface area contributed by atoms with Gasteiger partial charge in [0.1, 0.15) is 5.75 Å². The lowest BCUT2D eigenvalue weighted by Crippen LogP contribution is -2.60. The number of fused-ring (bicyclic) bond motifs is 2. The number of methoxy groups -OCH3 is 1. The molecule has 4 aliphatic heterocycles. The van der Waals surface area contributed by atoms with Crippen LogP contribution >= 0.6 is 0 Å². The Hall–Kier alpha value is -1.91. The zero-order valence-corrected chi connectivity index (χ0v) is 15.4. The molecule has 1 aromatic heterocycles. The molecule has 6 rings (SSSR count).